The molecule has 1 aliphatic heterocycles. The maximum absolute atomic E-state index is 12.9. The van der Waals surface area contributed by atoms with Gasteiger partial charge in [-0.2, -0.15) is 0 Å². The van der Waals surface area contributed by atoms with Crippen LogP contribution in [0, 0.1) is 6.92 Å². The Balaban J connectivity index is 1.62. The standard InChI is InChI=1S/C22H26N2O3/c1-17-8-10-18(11-9-17)16-21(25)23-12-5-13-24(15-14-23)22(26)19-6-3-4-7-20(19)27-2/h3-4,6-11H,5,12-16H2,1-2H3. The van der Waals surface area contributed by atoms with Gasteiger partial charge in [0.15, 0.2) is 0 Å². The Kier molecular flexibility index (Phi) is 6.12. The number of amides is 2. The van der Waals surface area contributed by atoms with E-state index in [2.05, 4.69) is 0 Å². The fraction of sp³-hybridized carbons (Fsp3) is 0.364. The van der Waals surface area contributed by atoms with Gasteiger partial charge in [-0.1, -0.05) is 42.0 Å². The van der Waals surface area contributed by atoms with Gasteiger partial charge in [-0.3, -0.25) is 9.59 Å². The van der Waals surface area contributed by atoms with Crippen LogP contribution in [0.3, 0.4) is 0 Å². The molecule has 5 nitrogen and oxygen atoms in total. The number of methoxy groups -OCH3 is 1. The van der Waals surface area contributed by atoms with Crippen LogP contribution < -0.4 is 4.74 Å². The summed E-state index contributed by atoms with van der Waals surface area (Å²) in [5.41, 5.74) is 2.78. The van der Waals surface area contributed by atoms with Crippen molar-refractivity contribution in [1.82, 2.24) is 9.80 Å². The van der Waals surface area contributed by atoms with Gasteiger partial charge in [-0.05, 0) is 31.0 Å². The number of carbonyl (C=O) groups excluding carboxylic acids is 2. The lowest BCUT2D eigenvalue weighted by molar-refractivity contribution is -0.130. The molecular formula is C22H26N2O3. The van der Waals surface area contributed by atoms with Crippen molar-refractivity contribution >= 4 is 11.8 Å². The van der Waals surface area contributed by atoms with Crippen molar-refractivity contribution in [3.63, 3.8) is 0 Å². The van der Waals surface area contributed by atoms with Crippen LogP contribution >= 0.6 is 0 Å². The molecule has 0 saturated carbocycles. The number of rotatable bonds is 4. The highest BCUT2D eigenvalue weighted by molar-refractivity contribution is 5.97. The molecule has 27 heavy (non-hydrogen) atoms. The van der Waals surface area contributed by atoms with Gasteiger partial charge in [0.1, 0.15) is 5.75 Å². The number of hydrogen-bond acceptors (Lipinski definition) is 3. The molecular weight excluding hydrogens is 340 g/mol. The maximum atomic E-state index is 12.9. The summed E-state index contributed by atoms with van der Waals surface area (Å²) in [5.74, 6) is 0.657. The molecule has 0 aliphatic carbocycles. The predicted molar refractivity (Wildman–Crippen MR) is 105 cm³/mol. The normalized spacial score (nSPS) is 14.6. The van der Waals surface area contributed by atoms with E-state index in [0.29, 0.717) is 43.9 Å². The van der Waals surface area contributed by atoms with E-state index in [9.17, 15) is 9.59 Å². The van der Waals surface area contributed by atoms with Gasteiger partial charge in [-0.15, -0.1) is 0 Å². The number of para-hydroxylation sites is 1. The summed E-state index contributed by atoms with van der Waals surface area (Å²) in [6.45, 7) is 4.46. The Morgan fingerprint density at radius 3 is 2.33 bits per heavy atom. The summed E-state index contributed by atoms with van der Waals surface area (Å²) in [4.78, 5) is 29.2. The summed E-state index contributed by atoms with van der Waals surface area (Å²) < 4.78 is 5.31. The van der Waals surface area contributed by atoms with E-state index in [-0.39, 0.29) is 11.8 Å². The maximum Gasteiger partial charge on any atom is 0.257 e. The molecule has 2 aromatic carbocycles. The Morgan fingerprint density at radius 2 is 1.59 bits per heavy atom. The first-order chi connectivity index (χ1) is 13.1. The minimum absolute atomic E-state index is 0.0414. The molecule has 5 heteroatoms. The number of aryl methyl sites for hydroxylation is 1. The third-order valence-electron chi connectivity index (χ3n) is 4.95. The summed E-state index contributed by atoms with van der Waals surface area (Å²) in [6.07, 6.45) is 1.18. The van der Waals surface area contributed by atoms with E-state index in [1.54, 1.807) is 19.2 Å². The molecule has 2 amide bonds. The third-order valence-corrected chi connectivity index (χ3v) is 4.95. The number of ether oxygens (including phenoxy) is 1. The van der Waals surface area contributed by atoms with Crippen molar-refractivity contribution < 1.29 is 14.3 Å². The van der Waals surface area contributed by atoms with E-state index < -0.39 is 0 Å². The van der Waals surface area contributed by atoms with Gasteiger partial charge in [-0.25, -0.2) is 0 Å². The fourth-order valence-corrected chi connectivity index (χ4v) is 3.35. The molecule has 1 heterocycles. The van der Waals surface area contributed by atoms with Crippen LogP contribution in [-0.2, 0) is 11.2 Å². The second kappa shape index (κ2) is 8.71. The van der Waals surface area contributed by atoms with Gasteiger partial charge >= 0.3 is 0 Å². The van der Waals surface area contributed by atoms with Crippen molar-refractivity contribution in [2.45, 2.75) is 19.8 Å². The van der Waals surface area contributed by atoms with Crippen molar-refractivity contribution in [3.8, 4) is 5.75 Å². The minimum atomic E-state index is -0.0414. The number of carbonyl (C=O) groups is 2. The highest BCUT2D eigenvalue weighted by atomic mass is 16.5. The molecule has 0 radical (unpaired) electrons. The zero-order valence-electron chi connectivity index (χ0n) is 16.0. The first kappa shape index (κ1) is 19.0. The molecule has 2 aromatic rings. The Bertz CT molecular complexity index is 801. The highest BCUT2D eigenvalue weighted by Crippen LogP contribution is 2.20. The summed E-state index contributed by atoms with van der Waals surface area (Å²) in [5, 5.41) is 0. The molecule has 3 rings (SSSR count). The second-order valence-corrected chi connectivity index (χ2v) is 6.89. The number of hydrogen-bond donors (Lipinski definition) is 0. The largest absolute Gasteiger partial charge is 0.496 e. The zero-order valence-corrected chi connectivity index (χ0v) is 16.0. The summed E-state index contributed by atoms with van der Waals surface area (Å²) in [7, 11) is 1.57. The first-order valence-corrected chi connectivity index (χ1v) is 9.34. The van der Waals surface area contributed by atoms with E-state index in [0.717, 1.165) is 12.0 Å². The van der Waals surface area contributed by atoms with Crippen LogP contribution in [0.15, 0.2) is 48.5 Å². The van der Waals surface area contributed by atoms with Gasteiger partial charge in [0.25, 0.3) is 5.91 Å². The average molecular weight is 366 g/mol. The van der Waals surface area contributed by atoms with Crippen molar-refractivity contribution in [3.05, 3.63) is 65.2 Å². The Morgan fingerprint density at radius 1 is 0.926 bits per heavy atom. The van der Waals surface area contributed by atoms with E-state index in [1.165, 1.54) is 5.56 Å². The predicted octanol–water partition coefficient (Wildman–Crippen LogP) is 2.92. The van der Waals surface area contributed by atoms with Crippen LogP contribution in [0.25, 0.3) is 0 Å². The molecule has 0 spiro atoms. The quantitative estimate of drug-likeness (QED) is 0.836. The van der Waals surface area contributed by atoms with Gasteiger partial charge < -0.3 is 14.5 Å². The van der Waals surface area contributed by atoms with E-state index in [1.807, 2.05) is 53.1 Å². The minimum Gasteiger partial charge on any atom is -0.496 e. The SMILES string of the molecule is COc1ccccc1C(=O)N1CCCN(C(=O)Cc2ccc(C)cc2)CC1. The van der Waals surface area contributed by atoms with Crippen LogP contribution in [0.4, 0.5) is 0 Å². The lowest BCUT2D eigenvalue weighted by atomic mass is 10.1. The number of nitrogens with zero attached hydrogens (tertiary/aromatic N) is 2. The molecule has 0 bridgehead atoms. The van der Waals surface area contributed by atoms with Crippen molar-refractivity contribution in [1.29, 1.82) is 0 Å². The molecule has 142 valence electrons. The smallest absolute Gasteiger partial charge is 0.257 e. The monoisotopic (exact) mass is 366 g/mol. The highest BCUT2D eigenvalue weighted by Gasteiger charge is 2.24. The van der Waals surface area contributed by atoms with Gasteiger partial charge in [0.05, 0.1) is 19.1 Å². The van der Waals surface area contributed by atoms with Crippen LogP contribution in [-0.4, -0.2) is 54.9 Å². The molecule has 1 saturated heterocycles. The second-order valence-electron chi connectivity index (χ2n) is 6.89. The summed E-state index contributed by atoms with van der Waals surface area (Å²) >= 11 is 0. The molecule has 0 N–H and O–H groups in total. The van der Waals surface area contributed by atoms with Crippen LogP contribution in [0.1, 0.15) is 27.9 Å². The van der Waals surface area contributed by atoms with Crippen LogP contribution in [0.5, 0.6) is 5.75 Å². The molecule has 0 aromatic heterocycles. The first-order valence-electron chi connectivity index (χ1n) is 9.34. The van der Waals surface area contributed by atoms with Gasteiger partial charge in [0, 0.05) is 26.2 Å². The molecule has 0 unspecified atom stereocenters. The Hall–Kier alpha value is -2.82. The summed E-state index contributed by atoms with van der Waals surface area (Å²) in [6, 6.07) is 15.3. The molecule has 1 aliphatic rings. The lowest BCUT2D eigenvalue weighted by Gasteiger charge is -2.23. The van der Waals surface area contributed by atoms with E-state index >= 15 is 0 Å². The van der Waals surface area contributed by atoms with Gasteiger partial charge in [0.2, 0.25) is 5.91 Å². The zero-order chi connectivity index (χ0) is 19.2. The average Bonchev–Trinajstić information content (AvgIpc) is 2.95. The topological polar surface area (TPSA) is 49.9 Å². The number of benzene rings is 2. The molecule has 0 atom stereocenters. The van der Waals surface area contributed by atoms with Crippen molar-refractivity contribution in [2.75, 3.05) is 33.3 Å². The van der Waals surface area contributed by atoms with Crippen LogP contribution in [0.2, 0.25) is 0 Å². The Labute approximate surface area is 160 Å². The fourth-order valence-electron chi connectivity index (χ4n) is 3.35. The molecule has 1 fully saturated rings. The van der Waals surface area contributed by atoms with Crippen molar-refractivity contribution in [2.24, 2.45) is 0 Å². The lowest BCUT2D eigenvalue weighted by Crippen LogP contribution is -2.38. The third kappa shape index (κ3) is 4.67. The van der Waals surface area contributed by atoms with E-state index in [4.69, 9.17) is 4.74 Å².